The Balaban J connectivity index is -0.000000405. The Hall–Kier alpha value is 0.360. The maximum Gasteiger partial charge on any atom is 0.151 e. The Morgan fingerprint density at radius 2 is 1.83 bits per heavy atom. The largest absolute Gasteiger partial charge is 0.379 e. The van der Waals surface area contributed by atoms with Crippen molar-refractivity contribution in [2.45, 2.75) is 25.8 Å². The van der Waals surface area contributed by atoms with Crippen molar-refractivity contribution in [3.8, 4) is 0 Å². The predicted molar refractivity (Wildman–Crippen MR) is 61.8 cm³/mol. The van der Waals surface area contributed by atoms with Crippen molar-refractivity contribution in [1.29, 1.82) is 5.41 Å². The Morgan fingerprint density at radius 1 is 1.42 bits per heavy atom. The molecule has 0 saturated carbocycles. The summed E-state index contributed by atoms with van der Waals surface area (Å²) < 4.78 is 0. The molecule has 12 heavy (non-hydrogen) atoms. The zero-order valence-corrected chi connectivity index (χ0v) is 9.74. The molecule has 0 aromatic rings. The van der Waals surface area contributed by atoms with Crippen LogP contribution in [0.5, 0.6) is 0 Å². The van der Waals surface area contributed by atoms with Crippen molar-refractivity contribution in [3.63, 3.8) is 0 Å². The summed E-state index contributed by atoms with van der Waals surface area (Å²) in [5.74, 6) is 0.832. The topological polar surface area (TPSA) is 75.9 Å². The molecule has 0 aromatic carbocycles. The van der Waals surface area contributed by atoms with E-state index in [0.717, 1.165) is 12.2 Å². The smallest absolute Gasteiger partial charge is 0.151 e. The molecule has 0 unspecified atom stereocenters. The number of rotatable bonds is 3. The van der Waals surface area contributed by atoms with Gasteiger partial charge >= 0.3 is 0 Å². The highest BCUT2D eigenvalue weighted by Crippen LogP contribution is 2.09. The van der Waals surface area contributed by atoms with E-state index in [-0.39, 0.29) is 35.5 Å². The molecule has 0 heterocycles. The zero-order chi connectivity index (χ0) is 8.20. The van der Waals surface area contributed by atoms with Gasteiger partial charge in [0, 0.05) is 11.3 Å². The summed E-state index contributed by atoms with van der Waals surface area (Å²) in [6, 6.07) is 0. The molecule has 0 aliphatic rings. The average Bonchev–Trinajstić information content (AvgIpc) is 1.59. The molecule has 0 atom stereocenters. The monoisotopic (exact) mass is 233 g/mol. The number of hydrogen-bond donors (Lipinski definition) is 3. The number of nitrogens with one attached hydrogen (secondary N) is 1. The number of hydrogen-bond acceptors (Lipinski definition) is 3. The van der Waals surface area contributed by atoms with Gasteiger partial charge in [0.05, 0.1) is 0 Å². The fourth-order valence-electron chi connectivity index (χ4n) is 0.424. The molecule has 0 rings (SSSR count). The van der Waals surface area contributed by atoms with Crippen LogP contribution in [0.3, 0.4) is 0 Å². The fraction of sp³-hybridized carbons (Fsp3) is 0.833. The molecule has 0 aliphatic carbocycles. The van der Waals surface area contributed by atoms with Crippen LogP contribution in [0.1, 0.15) is 20.3 Å². The lowest BCUT2D eigenvalue weighted by atomic mass is 10.0. The summed E-state index contributed by atoms with van der Waals surface area (Å²) >= 11 is 1.34. The molecule has 0 amide bonds. The van der Waals surface area contributed by atoms with Crippen LogP contribution in [0.15, 0.2) is 0 Å². The van der Waals surface area contributed by atoms with Gasteiger partial charge in [-0.25, -0.2) is 0 Å². The number of amidine groups is 1. The van der Waals surface area contributed by atoms with Crippen LogP contribution in [0.4, 0.5) is 0 Å². The van der Waals surface area contributed by atoms with Crippen LogP contribution in [-0.2, 0) is 0 Å². The van der Waals surface area contributed by atoms with Gasteiger partial charge in [-0.3, -0.25) is 5.41 Å². The molecule has 3 nitrogen and oxygen atoms in total. The van der Waals surface area contributed by atoms with Crippen LogP contribution in [-0.4, -0.2) is 16.5 Å². The van der Waals surface area contributed by atoms with Gasteiger partial charge in [-0.1, -0.05) is 11.8 Å². The van der Waals surface area contributed by atoms with Crippen LogP contribution >= 0.6 is 36.6 Å². The lowest BCUT2D eigenvalue weighted by Gasteiger charge is -2.16. The summed E-state index contributed by atoms with van der Waals surface area (Å²) in [5.41, 5.74) is 10.7. The van der Waals surface area contributed by atoms with Gasteiger partial charge in [-0.05, 0) is 20.3 Å². The van der Waals surface area contributed by atoms with Gasteiger partial charge in [-0.15, -0.1) is 24.8 Å². The molecule has 0 bridgehead atoms. The van der Waals surface area contributed by atoms with Gasteiger partial charge in [-0.2, -0.15) is 0 Å². The Bertz CT molecular complexity index is 124. The third-order valence-electron chi connectivity index (χ3n) is 1.00. The molecular formula is C6H17Cl2N3S. The molecule has 6 heteroatoms. The van der Waals surface area contributed by atoms with Gasteiger partial charge in [0.1, 0.15) is 0 Å². The van der Waals surface area contributed by atoms with Crippen molar-refractivity contribution < 1.29 is 0 Å². The molecule has 0 radical (unpaired) electrons. The summed E-state index contributed by atoms with van der Waals surface area (Å²) in [6.07, 6.45) is 0.886. The normalized spacial score (nSPS) is 9.58. The number of nitrogens with two attached hydrogens (primary N) is 2. The van der Waals surface area contributed by atoms with Gasteiger partial charge in [0.15, 0.2) is 5.17 Å². The van der Waals surface area contributed by atoms with E-state index in [1.165, 1.54) is 11.8 Å². The standard InChI is InChI=1S/C6H15N3S.2ClH/c1-6(2,9)3-4-10-5(7)8;;/h3-4,9H2,1-2H3,(H3,7,8);2*1H. The second kappa shape index (κ2) is 7.98. The van der Waals surface area contributed by atoms with Crippen molar-refractivity contribution in [2.24, 2.45) is 11.5 Å². The zero-order valence-electron chi connectivity index (χ0n) is 7.29. The minimum atomic E-state index is -0.136. The van der Waals surface area contributed by atoms with Crippen LogP contribution < -0.4 is 11.5 Å². The average molecular weight is 234 g/mol. The summed E-state index contributed by atoms with van der Waals surface area (Å²) in [5, 5.41) is 7.07. The Kier molecular flexibility index (Phi) is 12.1. The summed E-state index contributed by atoms with van der Waals surface area (Å²) in [6.45, 7) is 3.93. The van der Waals surface area contributed by atoms with Crippen LogP contribution in [0.2, 0.25) is 0 Å². The van der Waals surface area contributed by atoms with Crippen LogP contribution in [0, 0.1) is 5.41 Å². The molecule has 76 valence electrons. The third-order valence-corrected chi connectivity index (χ3v) is 1.72. The lowest BCUT2D eigenvalue weighted by molar-refractivity contribution is 0.506. The SMILES string of the molecule is CC(C)(N)CCSC(=N)N.Cl.Cl. The third kappa shape index (κ3) is 16.8. The van der Waals surface area contributed by atoms with Crippen LogP contribution in [0.25, 0.3) is 0 Å². The van der Waals surface area contributed by atoms with E-state index in [1.807, 2.05) is 13.8 Å². The fourth-order valence-corrected chi connectivity index (χ4v) is 1.27. The predicted octanol–water partition coefficient (Wildman–Crippen LogP) is 1.58. The molecule has 0 aromatic heterocycles. The van der Waals surface area contributed by atoms with Gasteiger partial charge in [0.2, 0.25) is 0 Å². The molecule has 0 fully saturated rings. The van der Waals surface area contributed by atoms with E-state index >= 15 is 0 Å². The highest BCUT2D eigenvalue weighted by Gasteiger charge is 2.09. The molecule has 0 aliphatic heterocycles. The first-order valence-corrected chi connectivity index (χ1v) is 4.16. The van der Waals surface area contributed by atoms with Gasteiger partial charge < -0.3 is 11.5 Å². The van der Waals surface area contributed by atoms with Gasteiger partial charge in [0.25, 0.3) is 0 Å². The summed E-state index contributed by atoms with van der Waals surface area (Å²) in [7, 11) is 0. The molecule has 0 spiro atoms. The first-order chi connectivity index (χ1) is 4.42. The maximum absolute atomic E-state index is 6.90. The second-order valence-electron chi connectivity index (χ2n) is 2.95. The van der Waals surface area contributed by atoms with E-state index in [1.54, 1.807) is 0 Å². The van der Waals surface area contributed by atoms with E-state index < -0.39 is 0 Å². The first kappa shape index (κ1) is 18.2. The second-order valence-corrected chi connectivity index (χ2v) is 4.09. The molecule has 5 N–H and O–H groups in total. The highest BCUT2D eigenvalue weighted by molar-refractivity contribution is 8.13. The number of halogens is 2. The lowest BCUT2D eigenvalue weighted by Crippen LogP contribution is -2.32. The maximum atomic E-state index is 6.90. The Morgan fingerprint density at radius 3 is 2.08 bits per heavy atom. The first-order valence-electron chi connectivity index (χ1n) is 3.17. The minimum absolute atomic E-state index is 0. The minimum Gasteiger partial charge on any atom is -0.379 e. The van der Waals surface area contributed by atoms with E-state index in [9.17, 15) is 0 Å². The molecular weight excluding hydrogens is 217 g/mol. The van der Waals surface area contributed by atoms with E-state index in [0.29, 0.717) is 0 Å². The van der Waals surface area contributed by atoms with Crippen molar-refractivity contribution in [2.75, 3.05) is 5.75 Å². The highest BCUT2D eigenvalue weighted by atomic mass is 35.5. The molecule has 0 saturated heterocycles. The van der Waals surface area contributed by atoms with Crippen molar-refractivity contribution in [1.82, 2.24) is 0 Å². The van der Waals surface area contributed by atoms with Crippen molar-refractivity contribution in [3.05, 3.63) is 0 Å². The Labute approximate surface area is 90.4 Å². The number of thioether (sulfide) groups is 1. The van der Waals surface area contributed by atoms with Crippen molar-refractivity contribution >= 4 is 41.7 Å². The summed E-state index contributed by atoms with van der Waals surface area (Å²) in [4.78, 5) is 0. The van der Waals surface area contributed by atoms with E-state index in [4.69, 9.17) is 16.9 Å². The quantitative estimate of drug-likeness (QED) is 0.512. The van der Waals surface area contributed by atoms with E-state index in [2.05, 4.69) is 0 Å².